The maximum absolute atomic E-state index is 9.10. The summed E-state index contributed by atoms with van der Waals surface area (Å²) < 4.78 is 5.42. The first kappa shape index (κ1) is 8.32. The number of aryl methyl sites for hydroxylation is 1. The molecule has 2 nitrogen and oxygen atoms in total. The van der Waals surface area contributed by atoms with E-state index in [1.807, 2.05) is 31.2 Å². The molecular formula is C11H12O2. The van der Waals surface area contributed by atoms with E-state index >= 15 is 0 Å². The number of aliphatic hydroxyl groups is 1. The highest BCUT2D eigenvalue weighted by Crippen LogP contribution is 2.29. The minimum Gasteiger partial charge on any atom is -0.489 e. The van der Waals surface area contributed by atoms with Gasteiger partial charge in [-0.2, -0.15) is 0 Å². The largest absolute Gasteiger partial charge is 0.489 e. The Morgan fingerprint density at radius 2 is 2.31 bits per heavy atom. The maximum Gasteiger partial charge on any atom is 0.127 e. The summed E-state index contributed by atoms with van der Waals surface area (Å²) >= 11 is 0. The van der Waals surface area contributed by atoms with E-state index in [0.717, 1.165) is 16.9 Å². The van der Waals surface area contributed by atoms with Crippen molar-refractivity contribution >= 4 is 5.57 Å². The normalized spacial score (nSPS) is 14.5. The first-order valence-electron chi connectivity index (χ1n) is 4.35. The molecule has 0 radical (unpaired) electrons. The number of rotatable bonds is 1. The second-order valence-corrected chi connectivity index (χ2v) is 3.20. The molecule has 1 heterocycles. The fraction of sp³-hybridized carbons (Fsp3) is 0.273. The highest BCUT2D eigenvalue weighted by atomic mass is 16.5. The summed E-state index contributed by atoms with van der Waals surface area (Å²) in [7, 11) is 0. The molecule has 1 aliphatic heterocycles. The number of ether oxygens (including phenoxy) is 1. The van der Waals surface area contributed by atoms with Gasteiger partial charge in [0, 0.05) is 5.56 Å². The van der Waals surface area contributed by atoms with E-state index < -0.39 is 0 Å². The third-order valence-electron chi connectivity index (χ3n) is 2.22. The Labute approximate surface area is 77.5 Å². The molecule has 2 heteroatoms. The Balaban J connectivity index is 2.51. The van der Waals surface area contributed by atoms with E-state index in [2.05, 4.69) is 0 Å². The van der Waals surface area contributed by atoms with Crippen LogP contribution in [0.1, 0.15) is 11.1 Å². The van der Waals surface area contributed by atoms with E-state index in [0.29, 0.717) is 6.61 Å². The number of fused-ring (bicyclic) bond motifs is 1. The van der Waals surface area contributed by atoms with Crippen molar-refractivity contribution in [2.45, 2.75) is 6.92 Å². The average Bonchev–Trinajstić information content (AvgIpc) is 2.17. The lowest BCUT2D eigenvalue weighted by Gasteiger charge is -2.17. The topological polar surface area (TPSA) is 29.5 Å². The van der Waals surface area contributed by atoms with Crippen LogP contribution in [0.3, 0.4) is 0 Å². The Bertz CT molecular complexity index is 353. The molecule has 0 saturated carbocycles. The van der Waals surface area contributed by atoms with Crippen molar-refractivity contribution in [3.63, 3.8) is 0 Å². The first-order valence-corrected chi connectivity index (χ1v) is 4.35. The van der Waals surface area contributed by atoms with Crippen LogP contribution in [0.2, 0.25) is 0 Å². The van der Waals surface area contributed by atoms with Gasteiger partial charge in [0.15, 0.2) is 0 Å². The molecule has 1 aliphatic rings. The van der Waals surface area contributed by atoms with Crippen LogP contribution < -0.4 is 4.74 Å². The van der Waals surface area contributed by atoms with Crippen molar-refractivity contribution in [1.82, 2.24) is 0 Å². The summed E-state index contributed by atoms with van der Waals surface area (Å²) in [5, 5.41) is 9.10. The third kappa shape index (κ3) is 1.45. The van der Waals surface area contributed by atoms with E-state index in [1.165, 1.54) is 5.56 Å². The standard InChI is InChI=1S/C11H12O2/c1-8-2-3-11-10(6-8)9(7-12)4-5-13-11/h2-4,6,12H,5,7H2,1H3. The van der Waals surface area contributed by atoms with E-state index in [1.54, 1.807) is 0 Å². The molecule has 0 saturated heterocycles. The third-order valence-corrected chi connectivity index (χ3v) is 2.22. The van der Waals surface area contributed by atoms with Crippen molar-refractivity contribution in [1.29, 1.82) is 0 Å². The minimum atomic E-state index is 0.0831. The second-order valence-electron chi connectivity index (χ2n) is 3.20. The van der Waals surface area contributed by atoms with Gasteiger partial charge in [0.1, 0.15) is 12.4 Å². The average molecular weight is 176 g/mol. The van der Waals surface area contributed by atoms with Crippen LogP contribution in [0, 0.1) is 6.92 Å². The van der Waals surface area contributed by atoms with Crippen molar-refractivity contribution in [3.8, 4) is 5.75 Å². The molecule has 0 bridgehead atoms. The molecule has 13 heavy (non-hydrogen) atoms. The van der Waals surface area contributed by atoms with Gasteiger partial charge in [-0.15, -0.1) is 0 Å². The molecule has 2 rings (SSSR count). The Kier molecular flexibility index (Phi) is 2.07. The molecule has 1 aromatic carbocycles. The van der Waals surface area contributed by atoms with Gasteiger partial charge in [-0.05, 0) is 30.7 Å². The monoisotopic (exact) mass is 176 g/mol. The Morgan fingerprint density at radius 3 is 3.08 bits per heavy atom. The second kappa shape index (κ2) is 3.23. The maximum atomic E-state index is 9.10. The summed E-state index contributed by atoms with van der Waals surface area (Å²) in [5.41, 5.74) is 3.17. The number of hydrogen-bond donors (Lipinski definition) is 1. The lowest BCUT2D eigenvalue weighted by Crippen LogP contribution is -2.06. The van der Waals surface area contributed by atoms with Crippen LogP contribution >= 0.6 is 0 Å². The predicted octanol–water partition coefficient (Wildman–Crippen LogP) is 1.76. The zero-order valence-corrected chi connectivity index (χ0v) is 7.58. The molecule has 0 spiro atoms. The quantitative estimate of drug-likeness (QED) is 0.706. The zero-order chi connectivity index (χ0) is 9.26. The number of hydrogen-bond acceptors (Lipinski definition) is 2. The zero-order valence-electron chi connectivity index (χ0n) is 7.58. The van der Waals surface area contributed by atoms with Crippen LogP contribution in [0.25, 0.3) is 5.57 Å². The first-order chi connectivity index (χ1) is 6.31. The fourth-order valence-electron chi connectivity index (χ4n) is 1.51. The van der Waals surface area contributed by atoms with Crippen LogP contribution in [-0.2, 0) is 0 Å². The van der Waals surface area contributed by atoms with Gasteiger partial charge >= 0.3 is 0 Å². The summed E-state index contributed by atoms with van der Waals surface area (Å²) in [6, 6.07) is 6.00. The molecule has 0 amide bonds. The Morgan fingerprint density at radius 1 is 1.46 bits per heavy atom. The van der Waals surface area contributed by atoms with Crippen LogP contribution in [0.5, 0.6) is 5.75 Å². The molecule has 0 fully saturated rings. The van der Waals surface area contributed by atoms with Gasteiger partial charge in [-0.1, -0.05) is 11.6 Å². The van der Waals surface area contributed by atoms with Crippen molar-refractivity contribution < 1.29 is 9.84 Å². The molecule has 0 atom stereocenters. The number of benzene rings is 1. The Hall–Kier alpha value is -1.28. The smallest absolute Gasteiger partial charge is 0.127 e. The summed E-state index contributed by atoms with van der Waals surface area (Å²) in [6.07, 6.45) is 1.92. The van der Waals surface area contributed by atoms with Crippen molar-refractivity contribution in [3.05, 3.63) is 35.4 Å². The summed E-state index contributed by atoms with van der Waals surface area (Å²) in [5.74, 6) is 0.872. The van der Waals surface area contributed by atoms with E-state index in [4.69, 9.17) is 9.84 Å². The lowest BCUT2D eigenvalue weighted by molar-refractivity contribution is 0.333. The molecule has 1 N–H and O–H groups in total. The predicted molar refractivity (Wildman–Crippen MR) is 51.7 cm³/mol. The van der Waals surface area contributed by atoms with E-state index in [9.17, 15) is 0 Å². The lowest BCUT2D eigenvalue weighted by atomic mass is 10.0. The fourth-order valence-corrected chi connectivity index (χ4v) is 1.51. The molecule has 1 aromatic rings. The van der Waals surface area contributed by atoms with Gasteiger partial charge in [-0.25, -0.2) is 0 Å². The molecule has 0 unspecified atom stereocenters. The van der Waals surface area contributed by atoms with E-state index in [-0.39, 0.29) is 6.61 Å². The summed E-state index contributed by atoms with van der Waals surface area (Å²) in [6.45, 7) is 2.68. The molecule has 0 aliphatic carbocycles. The van der Waals surface area contributed by atoms with Crippen LogP contribution in [-0.4, -0.2) is 18.3 Å². The summed E-state index contributed by atoms with van der Waals surface area (Å²) in [4.78, 5) is 0. The van der Waals surface area contributed by atoms with Crippen LogP contribution in [0.15, 0.2) is 24.3 Å². The van der Waals surface area contributed by atoms with Gasteiger partial charge in [-0.3, -0.25) is 0 Å². The van der Waals surface area contributed by atoms with Crippen molar-refractivity contribution in [2.24, 2.45) is 0 Å². The van der Waals surface area contributed by atoms with Gasteiger partial charge in [0.05, 0.1) is 6.61 Å². The van der Waals surface area contributed by atoms with Gasteiger partial charge < -0.3 is 9.84 Å². The number of aliphatic hydroxyl groups excluding tert-OH is 1. The molecule has 68 valence electrons. The highest BCUT2D eigenvalue weighted by Gasteiger charge is 2.12. The van der Waals surface area contributed by atoms with Gasteiger partial charge in [0.2, 0.25) is 0 Å². The highest BCUT2D eigenvalue weighted by molar-refractivity contribution is 5.73. The van der Waals surface area contributed by atoms with Gasteiger partial charge in [0.25, 0.3) is 0 Å². The molecular weight excluding hydrogens is 164 g/mol. The minimum absolute atomic E-state index is 0.0831. The van der Waals surface area contributed by atoms with Crippen molar-refractivity contribution in [2.75, 3.05) is 13.2 Å². The SMILES string of the molecule is Cc1ccc2c(c1)C(CO)=CCO2. The molecule has 0 aromatic heterocycles. The van der Waals surface area contributed by atoms with Crippen LogP contribution in [0.4, 0.5) is 0 Å².